The summed E-state index contributed by atoms with van der Waals surface area (Å²) in [5, 5.41) is 8.92. The van der Waals surface area contributed by atoms with Gasteiger partial charge in [0.2, 0.25) is 6.79 Å². The van der Waals surface area contributed by atoms with Crippen LogP contribution >= 0.6 is 0 Å². The molecule has 3 N–H and O–H groups in total. The summed E-state index contributed by atoms with van der Waals surface area (Å²) in [6.07, 6.45) is 0.455. The van der Waals surface area contributed by atoms with Gasteiger partial charge in [-0.05, 0) is 18.6 Å². The summed E-state index contributed by atoms with van der Waals surface area (Å²) in [5.41, 5.74) is 6.74. The maximum Gasteiger partial charge on any atom is 0.231 e. The molecule has 1 aromatic rings. The summed E-state index contributed by atoms with van der Waals surface area (Å²) in [4.78, 5) is 0. The highest BCUT2D eigenvalue weighted by molar-refractivity contribution is 5.56. The summed E-state index contributed by atoms with van der Waals surface area (Å²) in [6, 6.07) is 3.26. The summed E-state index contributed by atoms with van der Waals surface area (Å²) in [7, 11) is 1.58. The lowest BCUT2D eigenvalue weighted by Gasteiger charge is -2.16. The minimum Gasteiger partial charge on any atom is -0.496 e. The Bertz CT molecular complexity index is 380. The molecule has 2 rings (SSSR count). The number of aliphatic hydroxyl groups is 1. The van der Waals surface area contributed by atoms with Crippen molar-refractivity contribution in [2.24, 2.45) is 5.73 Å². The first-order chi connectivity index (χ1) is 7.77. The van der Waals surface area contributed by atoms with Gasteiger partial charge in [0.05, 0.1) is 12.7 Å². The number of fused-ring (bicyclic) bond motifs is 1. The fourth-order valence-corrected chi connectivity index (χ4v) is 1.79. The molecule has 0 fully saturated rings. The topological polar surface area (TPSA) is 73.9 Å². The van der Waals surface area contributed by atoms with Crippen LogP contribution in [-0.2, 0) is 0 Å². The maximum absolute atomic E-state index is 8.92. The van der Waals surface area contributed by atoms with Crippen molar-refractivity contribution in [3.8, 4) is 17.2 Å². The lowest BCUT2D eigenvalue weighted by Crippen LogP contribution is -2.14. The van der Waals surface area contributed by atoms with E-state index in [0.29, 0.717) is 23.7 Å². The standard InChI is InChI=1S/C11H15NO4/c1-14-8-2-3-9-11(16-6-15-9)10(8)7(12)4-5-13/h2-3,7,13H,4-6,12H2,1H3. The number of hydrogen-bond donors (Lipinski definition) is 2. The molecule has 0 spiro atoms. The third-order valence-electron chi connectivity index (χ3n) is 2.57. The number of ether oxygens (including phenoxy) is 3. The quantitative estimate of drug-likeness (QED) is 0.793. The second kappa shape index (κ2) is 4.59. The van der Waals surface area contributed by atoms with Gasteiger partial charge in [-0.2, -0.15) is 0 Å². The second-order valence-electron chi connectivity index (χ2n) is 3.53. The minimum absolute atomic E-state index is 0.0227. The summed E-state index contributed by atoms with van der Waals surface area (Å²) in [6.45, 7) is 0.218. The van der Waals surface area contributed by atoms with Gasteiger partial charge in [0.1, 0.15) is 5.75 Å². The van der Waals surface area contributed by atoms with E-state index in [0.717, 1.165) is 5.56 Å². The molecule has 0 bridgehead atoms. The zero-order valence-electron chi connectivity index (χ0n) is 9.10. The highest BCUT2D eigenvalue weighted by Crippen LogP contribution is 2.43. The first kappa shape index (κ1) is 11.0. The van der Waals surface area contributed by atoms with Gasteiger partial charge < -0.3 is 25.1 Å². The Kier molecular flexibility index (Phi) is 3.17. The van der Waals surface area contributed by atoms with Crippen molar-refractivity contribution in [1.82, 2.24) is 0 Å². The van der Waals surface area contributed by atoms with E-state index < -0.39 is 0 Å². The molecule has 1 unspecified atom stereocenters. The fraction of sp³-hybridized carbons (Fsp3) is 0.455. The molecule has 1 aliphatic rings. The Labute approximate surface area is 93.7 Å². The van der Waals surface area contributed by atoms with E-state index in [1.54, 1.807) is 19.2 Å². The van der Waals surface area contributed by atoms with E-state index in [1.807, 2.05) is 0 Å². The number of rotatable bonds is 4. The maximum atomic E-state index is 8.92. The lowest BCUT2D eigenvalue weighted by molar-refractivity contribution is 0.172. The van der Waals surface area contributed by atoms with Crippen molar-refractivity contribution >= 4 is 0 Å². The Morgan fingerprint density at radius 2 is 2.31 bits per heavy atom. The van der Waals surface area contributed by atoms with Crippen LogP contribution < -0.4 is 19.9 Å². The first-order valence-electron chi connectivity index (χ1n) is 5.11. The predicted molar refractivity (Wildman–Crippen MR) is 57.7 cm³/mol. The Hall–Kier alpha value is -1.46. The number of nitrogens with two attached hydrogens (primary N) is 1. The highest BCUT2D eigenvalue weighted by atomic mass is 16.7. The number of methoxy groups -OCH3 is 1. The van der Waals surface area contributed by atoms with E-state index in [9.17, 15) is 0 Å². The van der Waals surface area contributed by atoms with Crippen LogP contribution in [0.2, 0.25) is 0 Å². The molecule has 88 valence electrons. The lowest BCUT2D eigenvalue weighted by atomic mass is 10.0. The number of aliphatic hydroxyl groups excluding tert-OH is 1. The predicted octanol–water partition coefficient (Wildman–Crippen LogP) is 0.806. The molecule has 0 saturated carbocycles. The third-order valence-corrected chi connectivity index (χ3v) is 2.57. The summed E-state index contributed by atoms with van der Waals surface area (Å²) in [5.74, 6) is 1.95. The molecule has 5 heteroatoms. The second-order valence-corrected chi connectivity index (χ2v) is 3.53. The zero-order chi connectivity index (χ0) is 11.5. The minimum atomic E-state index is -0.323. The van der Waals surface area contributed by atoms with Crippen molar-refractivity contribution in [3.63, 3.8) is 0 Å². The SMILES string of the molecule is COc1ccc2c(c1C(N)CCO)OCO2. The van der Waals surface area contributed by atoms with Crippen LogP contribution in [0.3, 0.4) is 0 Å². The van der Waals surface area contributed by atoms with Crippen LogP contribution in [0.4, 0.5) is 0 Å². The van der Waals surface area contributed by atoms with Crippen LogP contribution in [0, 0.1) is 0 Å². The zero-order valence-corrected chi connectivity index (χ0v) is 9.10. The molecule has 1 aromatic carbocycles. The Morgan fingerprint density at radius 3 is 3.00 bits per heavy atom. The molecule has 1 aliphatic heterocycles. The van der Waals surface area contributed by atoms with Gasteiger partial charge in [0.15, 0.2) is 11.5 Å². The van der Waals surface area contributed by atoms with Crippen LogP contribution in [0.1, 0.15) is 18.0 Å². The van der Waals surface area contributed by atoms with Gasteiger partial charge in [-0.1, -0.05) is 0 Å². The van der Waals surface area contributed by atoms with E-state index in [4.69, 9.17) is 25.1 Å². The fourth-order valence-electron chi connectivity index (χ4n) is 1.79. The molecule has 0 amide bonds. The van der Waals surface area contributed by atoms with Crippen LogP contribution in [-0.4, -0.2) is 25.6 Å². The molecule has 0 radical (unpaired) electrons. The number of benzene rings is 1. The van der Waals surface area contributed by atoms with Gasteiger partial charge >= 0.3 is 0 Å². The molecule has 1 atom stereocenters. The molecule has 5 nitrogen and oxygen atoms in total. The summed E-state index contributed by atoms with van der Waals surface area (Å²) < 4.78 is 15.9. The van der Waals surface area contributed by atoms with Crippen LogP contribution in [0.5, 0.6) is 17.2 Å². The largest absolute Gasteiger partial charge is 0.496 e. The molecule has 0 aromatic heterocycles. The van der Waals surface area contributed by atoms with E-state index >= 15 is 0 Å². The van der Waals surface area contributed by atoms with Crippen molar-refractivity contribution in [1.29, 1.82) is 0 Å². The molecular weight excluding hydrogens is 210 g/mol. The van der Waals surface area contributed by atoms with Crippen molar-refractivity contribution < 1.29 is 19.3 Å². The summed E-state index contributed by atoms with van der Waals surface area (Å²) >= 11 is 0. The molecule has 16 heavy (non-hydrogen) atoms. The van der Waals surface area contributed by atoms with Gasteiger partial charge in [-0.15, -0.1) is 0 Å². The van der Waals surface area contributed by atoms with Gasteiger partial charge in [0, 0.05) is 12.6 Å². The van der Waals surface area contributed by atoms with Crippen molar-refractivity contribution in [2.45, 2.75) is 12.5 Å². The van der Waals surface area contributed by atoms with E-state index in [1.165, 1.54) is 0 Å². The van der Waals surface area contributed by atoms with Gasteiger partial charge in [-0.25, -0.2) is 0 Å². The normalized spacial score (nSPS) is 14.9. The average molecular weight is 225 g/mol. The Morgan fingerprint density at radius 1 is 1.50 bits per heavy atom. The van der Waals surface area contributed by atoms with E-state index in [2.05, 4.69) is 0 Å². The van der Waals surface area contributed by atoms with Gasteiger partial charge in [0.25, 0.3) is 0 Å². The molecule has 0 aliphatic carbocycles. The highest BCUT2D eigenvalue weighted by Gasteiger charge is 2.25. The van der Waals surface area contributed by atoms with Crippen molar-refractivity contribution in [3.05, 3.63) is 17.7 Å². The van der Waals surface area contributed by atoms with Crippen LogP contribution in [0.15, 0.2) is 12.1 Å². The number of hydrogen-bond acceptors (Lipinski definition) is 5. The monoisotopic (exact) mass is 225 g/mol. The molecule has 1 heterocycles. The third kappa shape index (κ3) is 1.79. The average Bonchev–Trinajstić information content (AvgIpc) is 2.75. The van der Waals surface area contributed by atoms with E-state index in [-0.39, 0.29) is 19.4 Å². The van der Waals surface area contributed by atoms with Crippen molar-refractivity contribution in [2.75, 3.05) is 20.5 Å². The van der Waals surface area contributed by atoms with Crippen LogP contribution in [0.25, 0.3) is 0 Å². The smallest absolute Gasteiger partial charge is 0.231 e. The van der Waals surface area contributed by atoms with Gasteiger partial charge in [-0.3, -0.25) is 0 Å². The first-order valence-corrected chi connectivity index (χ1v) is 5.11. The Balaban J connectivity index is 2.43. The molecular formula is C11H15NO4. The molecule has 0 saturated heterocycles.